The van der Waals surface area contributed by atoms with Crippen LogP contribution >= 0.6 is 11.6 Å². The van der Waals surface area contributed by atoms with Crippen molar-refractivity contribution in [2.24, 2.45) is 0 Å². The number of halogens is 1. The highest BCUT2D eigenvalue weighted by atomic mass is 35.5. The predicted molar refractivity (Wildman–Crippen MR) is 98.9 cm³/mol. The van der Waals surface area contributed by atoms with E-state index in [-0.39, 0.29) is 12.5 Å². The lowest BCUT2D eigenvalue weighted by molar-refractivity contribution is -0.154. The number of esters is 1. The van der Waals surface area contributed by atoms with Crippen molar-refractivity contribution in [3.63, 3.8) is 0 Å². The Balaban J connectivity index is 1.89. The monoisotopic (exact) mass is 380 g/mol. The summed E-state index contributed by atoms with van der Waals surface area (Å²) in [5.41, 5.74) is 0.146. The number of hydrogen-bond acceptors (Lipinski definition) is 4. The van der Waals surface area contributed by atoms with Crippen molar-refractivity contribution in [1.29, 1.82) is 0 Å². The molecule has 1 aliphatic carbocycles. The number of carbonyl (C=O) groups excluding carboxylic acids is 3. The molecular weight excluding hydrogens is 356 g/mol. The maximum Gasteiger partial charge on any atom is 0.317 e. The van der Waals surface area contributed by atoms with Gasteiger partial charge in [0.2, 0.25) is 5.91 Å². The first-order chi connectivity index (χ1) is 12.5. The normalized spacial score (nSPS) is 15.3. The standard InChI is InChI=1S/C19H25ClN2O4/c1-2-11-21-16(23)12-22-17(24)13-26-18(25)19(9-3-4-10-19)14-5-7-15(20)8-6-14/h5-8H,2-4,9-13H2,1H3,(H,21,23)(H,22,24). The van der Waals surface area contributed by atoms with E-state index in [0.29, 0.717) is 24.4 Å². The van der Waals surface area contributed by atoms with E-state index in [2.05, 4.69) is 10.6 Å². The Bertz CT molecular complexity index is 639. The molecule has 1 aliphatic rings. The Hall–Kier alpha value is -2.08. The summed E-state index contributed by atoms with van der Waals surface area (Å²) in [4.78, 5) is 36.0. The van der Waals surface area contributed by atoms with Gasteiger partial charge in [-0.1, -0.05) is 43.5 Å². The van der Waals surface area contributed by atoms with E-state index >= 15 is 0 Å². The van der Waals surface area contributed by atoms with Gasteiger partial charge >= 0.3 is 5.97 Å². The van der Waals surface area contributed by atoms with Crippen molar-refractivity contribution in [3.8, 4) is 0 Å². The lowest BCUT2D eigenvalue weighted by atomic mass is 9.79. The van der Waals surface area contributed by atoms with Crippen molar-refractivity contribution in [1.82, 2.24) is 10.6 Å². The predicted octanol–water partition coefficient (Wildman–Crippen LogP) is 2.34. The molecule has 142 valence electrons. The minimum atomic E-state index is -0.719. The van der Waals surface area contributed by atoms with Gasteiger partial charge in [-0.25, -0.2) is 0 Å². The lowest BCUT2D eigenvalue weighted by Gasteiger charge is -2.27. The van der Waals surface area contributed by atoms with Gasteiger partial charge in [0.1, 0.15) is 0 Å². The Morgan fingerprint density at radius 1 is 1.08 bits per heavy atom. The van der Waals surface area contributed by atoms with Crippen LogP contribution in [-0.2, 0) is 24.5 Å². The first-order valence-electron chi connectivity index (χ1n) is 8.94. The van der Waals surface area contributed by atoms with Crippen molar-refractivity contribution in [2.45, 2.75) is 44.4 Å². The minimum absolute atomic E-state index is 0.126. The van der Waals surface area contributed by atoms with Crippen LogP contribution in [0, 0.1) is 0 Å². The zero-order chi connectivity index (χ0) is 19.0. The highest BCUT2D eigenvalue weighted by molar-refractivity contribution is 6.30. The fourth-order valence-electron chi connectivity index (χ4n) is 3.18. The van der Waals surface area contributed by atoms with Crippen molar-refractivity contribution in [2.75, 3.05) is 19.7 Å². The molecule has 2 amide bonds. The summed E-state index contributed by atoms with van der Waals surface area (Å²) in [6, 6.07) is 7.19. The summed E-state index contributed by atoms with van der Waals surface area (Å²) in [6.07, 6.45) is 4.07. The third kappa shape index (κ3) is 5.21. The zero-order valence-corrected chi connectivity index (χ0v) is 15.7. The molecule has 0 heterocycles. The van der Waals surface area contributed by atoms with Crippen LogP contribution in [0.15, 0.2) is 24.3 Å². The van der Waals surface area contributed by atoms with Crippen LogP contribution in [0.5, 0.6) is 0 Å². The second-order valence-electron chi connectivity index (χ2n) is 6.50. The highest BCUT2D eigenvalue weighted by Crippen LogP contribution is 2.42. The van der Waals surface area contributed by atoms with Gasteiger partial charge in [-0.05, 0) is 37.0 Å². The molecule has 1 fully saturated rings. The molecule has 26 heavy (non-hydrogen) atoms. The molecular formula is C19H25ClN2O4. The molecule has 1 aromatic carbocycles. The highest BCUT2D eigenvalue weighted by Gasteiger charge is 2.44. The summed E-state index contributed by atoms with van der Waals surface area (Å²) in [5.74, 6) is -1.16. The summed E-state index contributed by atoms with van der Waals surface area (Å²) < 4.78 is 5.27. The summed E-state index contributed by atoms with van der Waals surface area (Å²) >= 11 is 5.94. The topological polar surface area (TPSA) is 84.5 Å². The van der Waals surface area contributed by atoms with Gasteiger partial charge in [0, 0.05) is 11.6 Å². The first-order valence-corrected chi connectivity index (χ1v) is 9.32. The number of carbonyl (C=O) groups is 3. The van der Waals surface area contributed by atoms with Gasteiger partial charge in [0.15, 0.2) is 6.61 Å². The number of hydrogen-bond donors (Lipinski definition) is 2. The average molecular weight is 381 g/mol. The molecule has 6 nitrogen and oxygen atoms in total. The summed E-state index contributed by atoms with van der Waals surface area (Å²) in [7, 11) is 0. The Morgan fingerprint density at radius 3 is 2.35 bits per heavy atom. The molecule has 0 radical (unpaired) electrons. The summed E-state index contributed by atoms with van der Waals surface area (Å²) in [6.45, 7) is 1.99. The maximum atomic E-state index is 12.7. The van der Waals surface area contributed by atoms with E-state index in [4.69, 9.17) is 16.3 Å². The van der Waals surface area contributed by atoms with Gasteiger partial charge in [0.25, 0.3) is 5.91 Å². The van der Waals surface area contributed by atoms with E-state index in [9.17, 15) is 14.4 Å². The first kappa shape index (κ1) is 20.2. The third-order valence-electron chi connectivity index (χ3n) is 4.60. The molecule has 0 saturated heterocycles. The largest absolute Gasteiger partial charge is 0.455 e. The number of amides is 2. The van der Waals surface area contributed by atoms with Gasteiger partial charge in [-0.2, -0.15) is 0 Å². The molecule has 2 N–H and O–H groups in total. The van der Waals surface area contributed by atoms with Gasteiger partial charge in [-0.3, -0.25) is 14.4 Å². The van der Waals surface area contributed by atoms with Crippen LogP contribution in [0.25, 0.3) is 0 Å². The second kappa shape index (κ2) is 9.57. The van der Waals surface area contributed by atoms with Crippen molar-refractivity contribution in [3.05, 3.63) is 34.9 Å². The fraction of sp³-hybridized carbons (Fsp3) is 0.526. The van der Waals surface area contributed by atoms with Crippen molar-refractivity contribution >= 4 is 29.4 Å². The molecule has 0 atom stereocenters. The molecule has 2 rings (SSSR count). The Morgan fingerprint density at radius 2 is 1.73 bits per heavy atom. The number of rotatable bonds is 8. The molecule has 1 saturated carbocycles. The van der Waals surface area contributed by atoms with Gasteiger partial charge in [0.05, 0.1) is 12.0 Å². The smallest absolute Gasteiger partial charge is 0.317 e. The van der Waals surface area contributed by atoms with Crippen LogP contribution in [0.3, 0.4) is 0 Å². The molecule has 0 aliphatic heterocycles. The quantitative estimate of drug-likeness (QED) is 0.678. The molecule has 1 aromatic rings. The van der Waals surface area contributed by atoms with Crippen LogP contribution in [0.4, 0.5) is 0 Å². The molecule has 0 bridgehead atoms. The number of benzene rings is 1. The van der Waals surface area contributed by atoms with Crippen LogP contribution in [0.2, 0.25) is 5.02 Å². The molecule has 0 spiro atoms. The SMILES string of the molecule is CCCNC(=O)CNC(=O)COC(=O)C1(c2ccc(Cl)cc2)CCCC1. The van der Waals surface area contributed by atoms with Gasteiger partial charge < -0.3 is 15.4 Å². The van der Waals surface area contributed by atoms with Crippen LogP contribution in [0.1, 0.15) is 44.6 Å². The summed E-state index contributed by atoms with van der Waals surface area (Å²) in [5, 5.41) is 5.72. The van der Waals surface area contributed by atoms with Crippen LogP contribution < -0.4 is 10.6 Å². The second-order valence-corrected chi connectivity index (χ2v) is 6.94. The Labute approximate surface area is 158 Å². The van der Waals surface area contributed by atoms with E-state index < -0.39 is 23.9 Å². The fourth-order valence-corrected chi connectivity index (χ4v) is 3.31. The molecule has 0 aromatic heterocycles. The van der Waals surface area contributed by atoms with E-state index in [1.807, 2.05) is 19.1 Å². The number of ether oxygens (including phenoxy) is 1. The van der Waals surface area contributed by atoms with Crippen LogP contribution in [-0.4, -0.2) is 37.5 Å². The maximum absolute atomic E-state index is 12.7. The minimum Gasteiger partial charge on any atom is -0.455 e. The third-order valence-corrected chi connectivity index (χ3v) is 4.85. The lowest BCUT2D eigenvalue weighted by Crippen LogP contribution is -2.41. The van der Waals surface area contributed by atoms with Gasteiger partial charge in [-0.15, -0.1) is 0 Å². The van der Waals surface area contributed by atoms with E-state index in [1.54, 1.807) is 12.1 Å². The average Bonchev–Trinajstić information content (AvgIpc) is 3.14. The molecule has 7 heteroatoms. The van der Waals surface area contributed by atoms with E-state index in [0.717, 1.165) is 24.8 Å². The number of nitrogens with one attached hydrogen (secondary N) is 2. The van der Waals surface area contributed by atoms with E-state index in [1.165, 1.54) is 0 Å². The molecule has 0 unspecified atom stereocenters. The Kier molecular flexibility index (Phi) is 7.45. The zero-order valence-electron chi connectivity index (χ0n) is 15.0. The van der Waals surface area contributed by atoms with Crippen molar-refractivity contribution < 1.29 is 19.1 Å².